The topological polar surface area (TPSA) is 61.9 Å². The number of Topliss-reactive ketones (excluding diaryl/α,β-unsaturated/α-hetero) is 1. The molecule has 1 aromatic carbocycles. The summed E-state index contributed by atoms with van der Waals surface area (Å²) in [5.41, 5.74) is 3.84. The predicted octanol–water partition coefficient (Wildman–Crippen LogP) is 4.54. The molecule has 7 heteroatoms. The SMILES string of the molecule is COc1ccc(-c2nnc(SCC(=O)c3cc(C)n(C)c3C)n2CC(C)C)cc1. The average Bonchev–Trinajstić information content (AvgIpc) is 3.21. The molecule has 154 valence electrons. The van der Waals surface area contributed by atoms with Gasteiger partial charge in [0, 0.05) is 36.1 Å². The van der Waals surface area contributed by atoms with E-state index in [1.54, 1.807) is 7.11 Å². The predicted molar refractivity (Wildman–Crippen MR) is 117 cm³/mol. The van der Waals surface area contributed by atoms with Crippen LogP contribution in [0.15, 0.2) is 35.5 Å². The van der Waals surface area contributed by atoms with Crippen molar-refractivity contribution in [2.45, 2.75) is 39.4 Å². The van der Waals surface area contributed by atoms with Gasteiger partial charge in [-0.3, -0.25) is 4.79 Å². The number of hydrogen-bond donors (Lipinski definition) is 0. The Bertz CT molecular complexity index is 1000. The van der Waals surface area contributed by atoms with Gasteiger partial charge in [0.25, 0.3) is 0 Å². The standard InChI is InChI=1S/C22H28N4O2S/c1-14(2)12-26-21(17-7-9-18(28-6)10-8-17)23-24-22(26)29-13-20(27)19-11-15(3)25(5)16(19)4/h7-11,14H,12-13H2,1-6H3. The highest BCUT2D eigenvalue weighted by atomic mass is 32.2. The monoisotopic (exact) mass is 412 g/mol. The Morgan fingerprint density at radius 1 is 1.17 bits per heavy atom. The van der Waals surface area contributed by atoms with Crippen LogP contribution in [0.25, 0.3) is 11.4 Å². The van der Waals surface area contributed by atoms with Gasteiger partial charge in [0.05, 0.1) is 12.9 Å². The Labute approximate surface area is 176 Å². The molecule has 0 bridgehead atoms. The number of methoxy groups -OCH3 is 1. The fourth-order valence-electron chi connectivity index (χ4n) is 3.22. The average molecular weight is 413 g/mol. The first kappa shape index (κ1) is 21.2. The Morgan fingerprint density at radius 3 is 2.41 bits per heavy atom. The van der Waals surface area contributed by atoms with Gasteiger partial charge >= 0.3 is 0 Å². The minimum atomic E-state index is 0.112. The number of thioether (sulfide) groups is 1. The van der Waals surface area contributed by atoms with Crippen molar-refractivity contribution in [3.8, 4) is 17.1 Å². The van der Waals surface area contributed by atoms with Crippen LogP contribution in [0.5, 0.6) is 5.75 Å². The van der Waals surface area contributed by atoms with Crippen molar-refractivity contribution in [1.29, 1.82) is 0 Å². The van der Waals surface area contributed by atoms with E-state index in [2.05, 4.69) is 28.6 Å². The largest absolute Gasteiger partial charge is 0.497 e. The number of nitrogens with zero attached hydrogens (tertiary/aromatic N) is 4. The van der Waals surface area contributed by atoms with E-state index in [-0.39, 0.29) is 5.78 Å². The fourth-order valence-corrected chi connectivity index (χ4v) is 4.06. The molecular formula is C22H28N4O2S. The maximum Gasteiger partial charge on any atom is 0.191 e. The minimum Gasteiger partial charge on any atom is -0.497 e. The second-order valence-corrected chi connectivity index (χ2v) is 8.54. The van der Waals surface area contributed by atoms with Gasteiger partial charge in [-0.25, -0.2) is 0 Å². The molecule has 0 aliphatic heterocycles. The van der Waals surface area contributed by atoms with Gasteiger partial charge < -0.3 is 13.9 Å². The number of carbonyl (C=O) groups excluding carboxylic acids is 1. The van der Waals surface area contributed by atoms with Crippen molar-refractivity contribution < 1.29 is 9.53 Å². The van der Waals surface area contributed by atoms with Crippen LogP contribution >= 0.6 is 11.8 Å². The number of aryl methyl sites for hydroxylation is 1. The van der Waals surface area contributed by atoms with Crippen LogP contribution in [0.4, 0.5) is 0 Å². The lowest BCUT2D eigenvalue weighted by molar-refractivity contribution is 0.102. The number of aromatic nitrogens is 4. The van der Waals surface area contributed by atoms with Gasteiger partial charge in [-0.15, -0.1) is 10.2 Å². The molecule has 0 spiro atoms. The third kappa shape index (κ3) is 4.56. The van der Waals surface area contributed by atoms with Crippen molar-refractivity contribution >= 4 is 17.5 Å². The van der Waals surface area contributed by atoms with E-state index in [0.717, 1.165) is 45.8 Å². The Hall–Kier alpha value is -2.54. The summed E-state index contributed by atoms with van der Waals surface area (Å²) in [6.07, 6.45) is 0. The smallest absolute Gasteiger partial charge is 0.191 e. The van der Waals surface area contributed by atoms with Crippen molar-refractivity contribution in [2.24, 2.45) is 13.0 Å². The van der Waals surface area contributed by atoms with Crippen LogP contribution in [0.2, 0.25) is 0 Å². The van der Waals surface area contributed by atoms with E-state index in [0.29, 0.717) is 11.7 Å². The van der Waals surface area contributed by atoms with Crippen LogP contribution in [-0.2, 0) is 13.6 Å². The van der Waals surface area contributed by atoms with Crippen LogP contribution in [-0.4, -0.2) is 38.0 Å². The summed E-state index contributed by atoms with van der Waals surface area (Å²) in [6.45, 7) is 9.10. The van der Waals surface area contributed by atoms with E-state index in [4.69, 9.17) is 4.74 Å². The molecule has 2 heterocycles. The zero-order valence-electron chi connectivity index (χ0n) is 17.9. The lowest BCUT2D eigenvalue weighted by atomic mass is 10.2. The molecule has 0 saturated carbocycles. The quantitative estimate of drug-likeness (QED) is 0.401. The summed E-state index contributed by atoms with van der Waals surface area (Å²) in [5, 5.41) is 9.57. The number of ether oxygens (including phenoxy) is 1. The minimum absolute atomic E-state index is 0.112. The first-order valence-electron chi connectivity index (χ1n) is 9.68. The van der Waals surface area contributed by atoms with Crippen LogP contribution in [0.1, 0.15) is 35.6 Å². The molecule has 0 atom stereocenters. The highest BCUT2D eigenvalue weighted by Gasteiger charge is 2.19. The molecule has 3 aromatic rings. The number of rotatable bonds is 8. The highest BCUT2D eigenvalue weighted by molar-refractivity contribution is 7.99. The van der Waals surface area contributed by atoms with E-state index >= 15 is 0 Å². The van der Waals surface area contributed by atoms with Gasteiger partial charge in [-0.1, -0.05) is 25.6 Å². The maximum atomic E-state index is 12.8. The summed E-state index contributed by atoms with van der Waals surface area (Å²) in [5.74, 6) is 2.49. The molecule has 0 aliphatic carbocycles. The Balaban J connectivity index is 1.84. The van der Waals surface area contributed by atoms with Crippen molar-refractivity contribution in [3.05, 3.63) is 47.3 Å². The van der Waals surface area contributed by atoms with E-state index in [1.165, 1.54) is 11.8 Å². The van der Waals surface area contributed by atoms with E-state index < -0.39 is 0 Å². The molecule has 0 N–H and O–H groups in total. The number of carbonyl (C=O) groups is 1. The number of hydrogen-bond acceptors (Lipinski definition) is 5. The molecule has 2 aromatic heterocycles. The summed E-state index contributed by atoms with van der Waals surface area (Å²) in [7, 11) is 3.63. The molecule has 0 amide bonds. The van der Waals surface area contributed by atoms with Gasteiger partial charge in [0.15, 0.2) is 16.8 Å². The zero-order valence-corrected chi connectivity index (χ0v) is 18.7. The number of ketones is 1. The van der Waals surface area contributed by atoms with Crippen molar-refractivity contribution in [2.75, 3.05) is 12.9 Å². The lowest BCUT2D eigenvalue weighted by Crippen LogP contribution is -2.10. The highest BCUT2D eigenvalue weighted by Crippen LogP contribution is 2.27. The van der Waals surface area contributed by atoms with Gasteiger partial charge in [0.1, 0.15) is 5.75 Å². The summed E-state index contributed by atoms with van der Waals surface area (Å²) in [6, 6.07) is 9.76. The Morgan fingerprint density at radius 2 is 1.86 bits per heavy atom. The van der Waals surface area contributed by atoms with Gasteiger partial charge in [-0.2, -0.15) is 0 Å². The van der Waals surface area contributed by atoms with Gasteiger partial charge in [0.2, 0.25) is 0 Å². The second kappa shape index (κ2) is 8.86. The van der Waals surface area contributed by atoms with Crippen LogP contribution < -0.4 is 4.74 Å². The molecule has 3 rings (SSSR count). The number of benzene rings is 1. The van der Waals surface area contributed by atoms with E-state index in [9.17, 15) is 4.79 Å². The first-order valence-corrected chi connectivity index (χ1v) is 10.7. The summed E-state index contributed by atoms with van der Waals surface area (Å²) >= 11 is 1.44. The first-order chi connectivity index (χ1) is 13.8. The van der Waals surface area contributed by atoms with Crippen LogP contribution in [0.3, 0.4) is 0 Å². The maximum absolute atomic E-state index is 12.8. The molecule has 0 unspecified atom stereocenters. The molecule has 0 aliphatic rings. The van der Waals surface area contributed by atoms with Crippen molar-refractivity contribution in [1.82, 2.24) is 19.3 Å². The molecule has 0 fully saturated rings. The third-order valence-corrected chi connectivity index (χ3v) is 5.99. The van der Waals surface area contributed by atoms with Crippen molar-refractivity contribution in [3.63, 3.8) is 0 Å². The third-order valence-electron chi connectivity index (χ3n) is 5.02. The van der Waals surface area contributed by atoms with Gasteiger partial charge in [-0.05, 0) is 50.1 Å². The van der Waals surface area contributed by atoms with E-state index in [1.807, 2.05) is 55.8 Å². The molecule has 0 radical (unpaired) electrons. The Kier molecular flexibility index (Phi) is 6.47. The second-order valence-electron chi connectivity index (χ2n) is 7.59. The molecular weight excluding hydrogens is 384 g/mol. The molecule has 29 heavy (non-hydrogen) atoms. The summed E-state index contributed by atoms with van der Waals surface area (Å²) in [4.78, 5) is 12.8. The zero-order chi connectivity index (χ0) is 21.1. The fraction of sp³-hybridized carbons (Fsp3) is 0.409. The molecule has 6 nitrogen and oxygen atoms in total. The van der Waals surface area contributed by atoms with Crippen LogP contribution in [0, 0.1) is 19.8 Å². The normalized spacial score (nSPS) is 11.3. The lowest BCUT2D eigenvalue weighted by Gasteiger charge is -2.12. The molecule has 0 saturated heterocycles. The summed E-state index contributed by atoms with van der Waals surface area (Å²) < 4.78 is 9.39.